The topological polar surface area (TPSA) is 35.9 Å². The Morgan fingerprint density at radius 2 is 1.45 bits per heavy atom. The second-order valence-corrected chi connectivity index (χ2v) is 19.4. The Hall–Kier alpha value is -6.55. The van der Waals surface area contributed by atoms with E-state index in [4.69, 9.17) is 33.0 Å². The van der Waals surface area contributed by atoms with E-state index in [2.05, 4.69) is 18.5 Å². The molecule has 0 N–H and O–H groups in total. The number of ether oxygens (including phenoxy) is 1. The molecule has 0 fully saturated rings. The summed E-state index contributed by atoms with van der Waals surface area (Å²) in [5, 5.41) is 1.46. The number of imidazole rings is 1. The van der Waals surface area contributed by atoms with Gasteiger partial charge in [-0.25, -0.2) is 4.98 Å². The van der Waals surface area contributed by atoms with Gasteiger partial charge in [0.1, 0.15) is 5.82 Å². The molecule has 10 aromatic rings. The van der Waals surface area contributed by atoms with Crippen molar-refractivity contribution in [3.05, 3.63) is 198 Å². The van der Waals surface area contributed by atoms with E-state index < -0.39 is 133 Å². The van der Waals surface area contributed by atoms with Gasteiger partial charge in [0.15, 0.2) is 0 Å². The van der Waals surface area contributed by atoms with Crippen molar-refractivity contribution in [2.45, 2.75) is 104 Å². The van der Waals surface area contributed by atoms with E-state index in [1.165, 1.54) is 29.0 Å². The van der Waals surface area contributed by atoms with Gasteiger partial charge in [-0.2, -0.15) is 18.2 Å². The molecule has 7 aromatic carbocycles. The fourth-order valence-electron chi connectivity index (χ4n) is 8.99. The average molecular weight is 1140 g/mol. The zero-order chi connectivity index (χ0) is 71.1. The van der Waals surface area contributed by atoms with Gasteiger partial charge in [-0.3, -0.25) is 4.57 Å². The first-order valence-electron chi connectivity index (χ1n) is 35.6. The molecule has 71 heavy (non-hydrogen) atoms. The maximum Gasteiger partial charge on any atom is 0.268 e. The summed E-state index contributed by atoms with van der Waals surface area (Å²) in [5.74, 6) is 0.539. The third kappa shape index (κ3) is 8.86. The van der Waals surface area contributed by atoms with Gasteiger partial charge in [-0.05, 0) is 103 Å². The molecule has 0 saturated carbocycles. The first kappa shape index (κ1) is 26.2. The van der Waals surface area contributed by atoms with Crippen LogP contribution in [-0.2, 0) is 43.7 Å². The van der Waals surface area contributed by atoms with Crippen molar-refractivity contribution in [3.8, 4) is 50.9 Å². The molecule has 0 aliphatic heterocycles. The van der Waals surface area contributed by atoms with Gasteiger partial charge in [0, 0.05) is 74.5 Å². The van der Waals surface area contributed by atoms with E-state index in [9.17, 15) is 12.3 Å². The number of benzene rings is 7. The molecule has 0 bridgehead atoms. The Kier molecular flexibility index (Phi) is 6.63. The minimum Gasteiger partial charge on any atom is -0.510 e. The first-order valence-corrected chi connectivity index (χ1v) is 22.6. The van der Waals surface area contributed by atoms with Crippen molar-refractivity contribution in [2.75, 3.05) is 0 Å². The van der Waals surface area contributed by atoms with Crippen LogP contribution in [-0.4, -0.2) is 14.1 Å². The number of pyridine rings is 1. The normalized spacial score (nSPS) is 22.1. The molecule has 0 spiro atoms. The summed E-state index contributed by atoms with van der Waals surface area (Å²) < 4.78 is 246. The van der Waals surface area contributed by atoms with Gasteiger partial charge in [-0.15, -0.1) is 29.7 Å². The van der Waals surface area contributed by atoms with Crippen molar-refractivity contribution >= 4 is 32.8 Å². The van der Waals surface area contributed by atoms with E-state index in [0.29, 0.717) is 38.7 Å². The van der Waals surface area contributed by atoms with E-state index in [1.807, 2.05) is 51.1 Å². The predicted molar refractivity (Wildman–Crippen MR) is 288 cm³/mol. The summed E-state index contributed by atoms with van der Waals surface area (Å²) in [6, 6.07) is 28.8. The van der Waals surface area contributed by atoms with Crippen LogP contribution in [0.3, 0.4) is 0 Å². The second-order valence-electron chi connectivity index (χ2n) is 19.4. The van der Waals surface area contributed by atoms with Crippen LogP contribution in [0.15, 0.2) is 158 Å². The molecule has 11 rings (SSSR count). The molecule has 5 nitrogen and oxygen atoms in total. The van der Waals surface area contributed by atoms with Gasteiger partial charge in [0.2, 0.25) is 0 Å². The molecule has 3 heterocycles. The summed E-state index contributed by atoms with van der Waals surface area (Å²) in [6.07, 6.45) is -6.54. The van der Waals surface area contributed by atoms with Crippen LogP contribution in [0, 0.1) is 23.9 Å². The summed E-state index contributed by atoms with van der Waals surface area (Å²) in [6.45, 7) is -6.44. The standard InChI is InChI=1S/C65H62N4O.Pt/c1-62(2,3)40-45-37-60(66-41-52(45)43-20-12-11-13-21-43)69-56-27-15-14-24-50(56)51-32-31-48(39-59(51)69)70-47-23-18-22-46(38-47)67-42-68(58-29-17-16-28-57(58)67)61-49(25-19-26-54(61)63(4,5)6)44-30-33-53-55(36-44)65(9,10)35-34-64(53,7)8;/h11-33,36-37,41H,34-35,40H2,1-10H3;/q-2;/i7D3,8D3,9D3,10D3,11D,12D,13D,20D,21D,30D,33D,34D2,35D2,36D,40D2;. The Morgan fingerprint density at radius 3 is 2.21 bits per heavy atom. The van der Waals surface area contributed by atoms with Crippen molar-refractivity contribution < 1.29 is 66.0 Å². The van der Waals surface area contributed by atoms with Gasteiger partial charge in [-0.1, -0.05) is 183 Å². The van der Waals surface area contributed by atoms with Crippen LogP contribution in [0.5, 0.6) is 11.5 Å². The summed E-state index contributed by atoms with van der Waals surface area (Å²) in [5.41, 5.74) is -12.1. The van der Waals surface area contributed by atoms with Gasteiger partial charge >= 0.3 is 0 Å². The maximum absolute atomic E-state index is 10.1. The van der Waals surface area contributed by atoms with Crippen molar-refractivity contribution in [3.63, 3.8) is 0 Å². The minimum absolute atomic E-state index is 0. The molecule has 360 valence electrons. The van der Waals surface area contributed by atoms with Gasteiger partial charge in [0.05, 0.1) is 27.7 Å². The number of rotatable bonds is 8. The van der Waals surface area contributed by atoms with Crippen LogP contribution >= 0.6 is 0 Å². The Balaban J connectivity index is 0.0000102. The number of para-hydroxylation sites is 4. The molecule has 1 aliphatic carbocycles. The molecule has 3 aromatic heterocycles. The molecular formula is C65H62N4OPt-2. The fraction of sp³-hybridized carbons (Fsp3) is 0.262. The Bertz CT molecular complexity index is 4810. The van der Waals surface area contributed by atoms with Crippen molar-refractivity contribution in [1.29, 1.82) is 0 Å². The third-order valence-electron chi connectivity index (χ3n) is 12.1. The molecule has 0 saturated heterocycles. The van der Waals surface area contributed by atoms with Crippen molar-refractivity contribution in [1.82, 2.24) is 14.1 Å². The van der Waals surface area contributed by atoms with Crippen LogP contribution in [0.2, 0.25) is 0 Å². The monoisotopic (exact) mass is 1140 g/mol. The Morgan fingerprint density at radius 1 is 0.732 bits per heavy atom. The smallest absolute Gasteiger partial charge is 0.268 e. The van der Waals surface area contributed by atoms with E-state index >= 15 is 0 Å². The number of hydrogen-bond donors (Lipinski definition) is 0. The molecule has 0 radical (unpaired) electrons. The molecule has 0 unspecified atom stereocenters. The van der Waals surface area contributed by atoms with Gasteiger partial charge in [0.25, 0.3) is 6.33 Å². The molecular weight excluding hydrogens is 1050 g/mol. The van der Waals surface area contributed by atoms with E-state index in [1.54, 1.807) is 84.5 Å². The van der Waals surface area contributed by atoms with Crippen LogP contribution in [0.25, 0.3) is 72.3 Å². The molecule has 0 atom stereocenters. The minimum atomic E-state index is -4.52. The number of nitrogens with zero attached hydrogens (tertiary/aromatic N) is 4. The zero-order valence-corrected chi connectivity index (χ0v) is 41.7. The largest absolute Gasteiger partial charge is 0.510 e. The predicted octanol–water partition coefficient (Wildman–Crippen LogP) is 16.2. The number of hydrogen-bond acceptors (Lipinski definition) is 2. The zero-order valence-electron chi connectivity index (χ0n) is 65.4. The molecule has 1 aliphatic rings. The third-order valence-corrected chi connectivity index (χ3v) is 12.1. The number of aromatic nitrogens is 4. The summed E-state index contributed by atoms with van der Waals surface area (Å²) in [7, 11) is 0. The first-order chi connectivity index (χ1) is 44.1. The van der Waals surface area contributed by atoms with Gasteiger partial charge < -0.3 is 13.9 Å². The average Bonchev–Trinajstić information content (AvgIpc) is 1.02. The fourth-order valence-corrected chi connectivity index (χ4v) is 8.99. The van der Waals surface area contributed by atoms with Crippen LogP contribution in [0.4, 0.5) is 0 Å². The maximum atomic E-state index is 10.1. The molecule has 6 heteroatoms. The number of fused-ring (bicyclic) bond motifs is 5. The SMILES string of the molecule is [2H]c1c([2H])c([2H])c(-c2cnc(-n3c4[c-]c(Oc5[c-]c(-n6[c-][n+](-c7c(-c8c([2H])c([2H])c9c(c8[2H])C(C([2H])([2H])[2H])(C([2H])([2H])[2H])C([2H])([2H])C([2H])([2H])C9(C([2H])([2H])[2H])C([2H])([2H])[2H])cccc7C(C)(C)C)c7ccccc76)ccc5)ccc4c4ccccc43)cc2C([2H])([2H])C(C)(C)C)c([2H])c1[2H].[Pt]. The second kappa shape index (κ2) is 17.9. The van der Waals surface area contributed by atoms with Crippen molar-refractivity contribution in [2.24, 2.45) is 5.41 Å². The molecule has 0 amide bonds. The van der Waals surface area contributed by atoms with E-state index in [0.717, 1.165) is 5.39 Å². The van der Waals surface area contributed by atoms with E-state index in [-0.39, 0.29) is 66.3 Å². The Labute approximate surface area is 471 Å². The quantitative estimate of drug-likeness (QED) is 0.112. The van der Waals surface area contributed by atoms with Crippen LogP contribution < -0.4 is 9.30 Å². The summed E-state index contributed by atoms with van der Waals surface area (Å²) in [4.78, 5) is 4.80. The summed E-state index contributed by atoms with van der Waals surface area (Å²) >= 11 is 0. The van der Waals surface area contributed by atoms with Crippen LogP contribution in [0.1, 0.15) is 140 Å².